The Bertz CT molecular complexity index is 496. The van der Waals surface area contributed by atoms with Gasteiger partial charge in [0.25, 0.3) is 0 Å². The van der Waals surface area contributed by atoms with E-state index < -0.39 is 5.97 Å². The molecular formula is C17H24N2O3. The molecule has 22 heavy (non-hydrogen) atoms. The highest BCUT2D eigenvalue weighted by Crippen LogP contribution is 2.24. The van der Waals surface area contributed by atoms with Crippen LogP contribution in [0.15, 0.2) is 30.3 Å². The fraction of sp³-hybridized carbons (Fsp3) is 0.529. The molecule has 1 aromatic rings. The zero-order chi connectivity index (χ0) is 15.9. The quantitative estimate of drug-likeness (QED) is 0.782. The van der Waals surface area contributed by atoms with E-state index in [0.29, 0.717) is 19.4 Å². The van der Waals surface area contributed by atoms with Gasteiger partial charge in [0.15, 0.2) is 0 Å². The number of benzene rings is 1. The molecule has 1 fully saturated rings. The van der Waals surface area contributed by atoms with E-state index in [1.54, 1.807) is 0 Å². The number of carboxylic acids is 1. The van der Waals surface area contributed by atoms with Gasteiger partial charge < -0.3 is 15.7 Å². The number of nitrogens with one attached hydrogen (secondary N) is 2. The first-order valence-electron chi connectivity index (χ1n) is 7.88. The van der Waals surface area contributed by atoms with Crippen LogP contribution in [0.1, 0.15) is 44.1 Å². The standard InChI is InChI=1S/C17H24N2O3/c1-12(13-5-3-2-4-6-13)11-18-17(22)19-15-9-7-14(8-10-15)16(20)21/h2-6,12,14-15H,7-11H2,1H3,(H,20,21)(H2,18,19,22). The predicted molar refractivity (Wildman–Crippen MR) is 84.8 cm³/mol. The number of carbonyl (C=O) groups is 2. The van der Waals surface area contributed by atoms with Crippen LogP contribution in [-0.4, -0.2) is 29.7 Å². The van der Waals surface area contributed by atoms with Crippen molar-refractivity contribution in [1.29, 1.82) is 0 Å². The summed E-state index contributed by atoms with van der Waals surface area (Å²) in [5.74, 6) is -0.714. The third kappa shape index (κ3) is 4.76. The maximum absolute atomic E-state index is 11.9. The van der Waals surface area contributed by atoms with Gasteiger partial charge in [0, 0.05) is 12.6 Å². The van der Waals surface area contributed by atoms with Crippen LogP contribution in [0, 0.1) is 5.92 Å². The minimum atomic E-state index is -0.723. The van der Waals surface area contributed by atoms with Gasteiger partial charge in [-0.05, 0) is 37.2 Å². The molecule has 1 saturated carbocycles. The van der Waals surface area contributed by atoms with E-state index in [9.17, 15) is 9.59 Å². The topological polar surface area (TPSA) is 78.4 Å². The molecule has 1 aliphatic rings. The molecule has 5 nitrogen and oxygen atoms in total. The van der Waals surface area contributed by atoms with Crippen molar-refractivity contribution in [3.8, 4) is 0 Å². The number of carboxylic acid groups (broad SMARTS) is 1. The summed E-state index contributed by atoms with van der Waals surface area (Å²) in [7, 11) is 0. The third-order valence-electron chi connectivity index (χ3n) is 4.35. The Kier molecular flexibility index (Phi) is 5.81. The van der Waals surface area contributed by atoms with Crippen molar-refractivity contribution in [3.63, 3.8) is 0 Å². The van der Waals surface area contributed by atoms with Crippen LogP contribution in [0.2, 0.25) is 0 Å². The van der Waals surface area contributed by atoms with Gasteiger partial charge in [-0.2, -0.15) is 0 Å². The van der Waals surface area contributed by atoms with Crippen molar-refractivity contribution < 1.29 is 14.7 Å². The first-order valence-corrected chi connectivity index (χ1v) is 7.88. The maximum atomic E-state index is 11.9. The molecule has 0 heterocycles. The number of carbonyl (C=O) groups excluding carboxylic acids is 1. The fourth-order valence-corrected chi connectivity index (χ4v) is 2.87. The van der Waals surface area contributed by atoms with Gasteiger partial charge in [0.05, 0.1) is 5.92 Å². The van der Waals surface area contributed by atoms with Crippen LogP contribution < -0.4 is 10.6 Å². The lowest BCUT2D eigenvalue weighted by Crippen LogP contribution is -2.45. The average Bonchev–Trinajstić information content (AvgIpc) is 2.54. The molecule has 1 unspecified atom stereocenters. The number of urea groups is 1. The number of hydrogen-bond donors (Lipinski definition) is 3. The summed E-state index contributed by atoms with van der Waals surface area (Å²) in [6.07, 6.45) is 2.75. The lowest BCUT2D eigenvalue weighted by molar-refractivity contribution is -0.142. The molecule has 0 aromatic heterocycles. The van der Waals surface area contributed by atoms with Crippen molar-refractivity contribution in [3.05, 3.63) is 35.9 Å². The molecule has 120 valence electrons. The summed E-state index contributed by atoms with van der Waals surface area (Å²) in [6, 6.07) is 9.99. The Morgan fingerprint density at radius 3 is 2.41 bits per heavy atom. The normalized spacial score (nSPS) is 22.6. The molecule has 2 rings (SSSR count). The molecule has 1 aliphatic carbocycles. The zero-order valence-electron chi connectivity index (χ0n) is 12.9. The SMILES string of the molecule is CC(CNC(=O)NC1CCC(C(=O)O)CC1)c1ccccc1. The van der Waals surface area contributed by atoms with Crippen molar-refractivity contribution in [2.24, 2.45) is 5.92 Å². The van der Waals surface area contributed by atoms with Gasteiger partial charge in [-0.3, -0.25) is 4.79 Å². The van der Waals surface area contributed by atoms with Crippen LogP contribution in [0.3, 0.4) is 0 Å². The van der Waals surface area contributed by atoms with Crippen LogP contribution in [0.4, 0.5) is 4.79 Å². The lowest BCUT2D eigenvalue weighted by atomic mass is 9.86. The summed E-state index contributed by atoms with van der Waals surface area (Å²) >= 11 is 0. The second-order valence-electron chi connectivity index (χ2n) is 6.05. The third-order valence-corrected chi connectivity index (χ3v) is 4.35. The van der Waals surface area contributed by atoms with Crippen LogP contribution in [0.5, 0.6) is 0 Å². The van der Waals surface area contributed by atoms with Crippen molar-refractivity contribution in [1.82, 2.24) is 10.6 Å². The smallest absolute Gasteiger partial charge is 0.315 e. The van der Waals surface area contributed by atoms with Crippen molar-refractivity contribution >= 4 is 12.0 Å². The second-order valence-corrected chi connectivity index (χ2v) is 6.05. The van der Waals surface area contributed by atoms with Gasteiger partial charge in [0.2, 0.25) is 0 Å². The largest absolute Gasteiger partial charge is 0.481 e. The monoisotopic (exact) mass is 304 g/mol. The molecule has 0 aliphatic heterocycles. The minimum Gasteiger partial charge on any atom is -0.481 e. The Labute approximate surface area is 131 Å². The summed E-state index contributed by atoms with van der Waals surface area (Å²) in [5.41, 5.74) is 1.20. The molecule has 0 saturated heterocycles. The molecule has 0 bridgehead atoms. The summed E-state index contributed by atoms with van der Waals surface area (Å²) in [6.45, 7) is 2.66. The number of hydrogen-bond acceptors (Lipinski definition) is 2. The zero-order valence-corrected chi connectivity index (χ0v) is 12.9. The molecule has 0 radical (unpaired) electrons. The van der Waals surface area contributed by atoms with Gasteiger partial charge in [-0.15, -0.1) is 0 Å². The highest BCUT2D eigenvalue weighted by molar-refractivity contribution is 5.74. The van der Waals surface area contributed by atoms with E-state index in [2.05, 4.69) is 29.7 Å². The maximum Gasteiger partial charge on any atom is 0.315 e. The summed E-state index contributed by atoms with van der Waals surface area (Å²) < 4.78 is 0. The molecule has 0 spiro atoms. The molecule has 1 atom stereocenters. The van der Waals surface area contributed by atoms with E-state index in [4.69, 9.17) is 5.11 Å². The van der Waals surface area contributed by atoms with Gasteiger partial charge in [-0.1, -0.05) is 37.3 Å². The molecular weight excluding hydrogens is 280 g/mol. The Hall–Kier alpha value is -2.04. The van der Waals surface area contributed by atoms with Crippen molar-refractivity contribution in [2.45, 2.75) is 44.6 Å². The van der Waals surface area contributed by atoms with Crippen molar-refractivity contribution in [2.75, 3.05) is 6.54 Å². The van der Waals surface area contributed by atoms with E-state index in [-0.39, 0.29) is 23.9 Å². The van der Waals surface area contributed by atoms with E-state index >= 15 is 0 Å². The number of amides is 2. The predicted octanol–water partition coefficient (Wildman–Crippen LogP) is 2.73. The summed E-state index contributed by atoms with van der Waals surface area (Å²) in [5, 5.41) is 14.8. The van der Waals surface area contributed by atoms with Gasteiger partial charge >= 0.3 is 12.0 Å². The van der Waals surface area contributed by atoms with Crippen LogP contribution in [-0.2, 0) is 4.79 Å². The number of aliphatic carboxylic acids is 1. The minimum absolute atomic E-state index is 0.0858. The van der Waals surface area contributed by atoms with Gasteiger partial charge in [-0.25, -0.2) is 4.79 Å². The van der Waals surface area contributed by atoms with Gasteiger partial charge in [0.1, 0.15) is 0 Å². The second kappa shape index (κ2) is 7.82. The first-order chi connectivity index (χ1) is 10.6. The van der Waals surface area contributed by atoms with E-state index in [1.165, 1.54) is 5.56 Å². The first kappa shape index (κ1) is 16.3. The lowest BCUT2D eigenvalue weighted by Gasteiger charge is -2.27. The van der Waals surface area contributed by atoms with E-state index in [1.807, 2.05) is 18.2 Å². The molecule has 2 amide bonds. The van der Waals surface area contributed by atoms with Crippen LogP contribution >= 0.6 is 0 Å². The molecule has 5 heteroatoms. The summed E-state index contributed by atoms with van der Waals surface area (Å²) in [4.78, 5) is 22.8. The average molecular weight is 304 g/mol. The molecule has 3 N–H and O–H groups in total. The highest BCUT2D eigenvalue weighted by atomic mass is 16.4. The van der Waals surface area contributed by atoms with Crippen LogP contribution in [0.25, 0.3) is 0 Å². The fourth-order valence-electron chi connectivity index (χ4n) is 2.87. The Morgan fingerprint density at radius 2 is 1.82 bits per heavy atom. The highest BCUT2D eigenvalue weighted by Gasteiger charge is 2.26. The van der Waals surface area contributed by atoms with E-state index in [0.717, 1.165) is 12.8 Å². The number of rotatable bonds is 5. The Balaban J connectivity index is 1.69. The molecule has 1 aromatic carbocycles. The Morgan fingerprint density at radius 1 is 1.18 bits per heavy atom.